The molecule has 0 spiro atoms. The number of carbonyl (C=O) groups is 3. The highest BCUT2D eigenvalue weighted by Gasteiger charge is 2.59. The number of likely N-dealkylation sites (tertiary alicyclic amines) is 1. The molecule has 33 heavy (non-hydrogen) atoms. The minimum absolute atomic E-state index is 0.0603. The molecule has 0 aromatic heterocycles. The fraction of sp³-hybridized carbons (Fsp3) is 0.870. The van der Waals surface area contributed by atoms with E-state index in [-0.39, 0.29) is 24.7 Å². The van der Waals surface area contributed by atoms with Gasteiger partial charge in [-0.1, -0.05) is 0 Å². The maximum absolute atomic E-state index is 13.4. The highest BCUT2D eigenvalue weighted by atomic mass is 16.6. The summed E-state index contributed by atoms with van der Waals surface area (Å²) in [6, 6.07) is -0.135. The maximum Gasteiger partial charge on any atom is 0.413 e. The molecule has 0 aromatic carbocycles. The normalized spacial score (nSPS) is 31.5. The molecule has 3 amide bonds. The van der Waals surface area contributed by atoms with Gasteiger partial charge in [0.1, 0.15) is 11.2 Å². The molecule has 4 unspecified atom stereocenters. The number of rotatable bonds is 1. The van der Waals surface area contributed by atoms with Crippen LogP contribution in [0.15, 0.2) is 0 Å². The van der Waals surface area contributed by atoms with Crippen molar-refractivity contribution in [3.63, 3.8) is 0 Å². The standard InChI is InChI=1S/C23H38N4O6/c1-21(2,3)31-18(28)25-13-17-9-10-23(14-25,27(17)20(30)32-22(4,5)6)33-19(29)26-15-7-8-16(26)12-24-11-15/h15-17,24H,7-14H2,1-6H3. The number of hydrogen-bond acceptors (Lipinski definition) is 7. The van der Waals surface area contributed by atoms with Crippen LogP contribution in [0.4, 0.5) is 14.4 Å². The second-order valence-electron chi connectivity index (χ2n) is 11.7. The minimum atomic E-state index is -1.27. The second kappa shape index (κ2) is 8.21. The van der Waals surface area contributed by atoms with Crippen LogP contribution in [0.25, 0.3) is 0 Å². The Morgan fingerprint density at radius 3 is 1.97 bits per heavy atom. The monoisotopic (exact) mass is 466 g/mol. The number of nitrogens with zero attached hydrogens (tertiary/aromatic N) is 3. The van der Waals surface area contributed by atoms with Gasteiger partial charge in [0.2, 0.25) is 5.72 Å². The zero-order valence-electron chi connectivity index (χ0n) is 20.7. The lowest BCUT2D eigenvalue weighted by Crippen LogP contribution is -2.67. The fourth-order valence-corrected chi connectivity index (χ4v) is 5.44. The van der Waals surface area contributed by atoms with Crippen LogP contribution < -0.4 is 5.32 Å². The average molecular weight is 467 g/mol. The molecule has 4 aliphatic heterocycles. The summed E-state index contributed by atoms with van der Waals surface area (Å²) in [4.78, 5) is 44.5. The smallest absolute Gasteiger partial charge is 0.413 e. The molecule has 4 heterocycles. The number of ether oxygens (including phenoxy) is 3. The molecular formula is C23H38N4O6. The molecule has 4 bridgehead atoms. The largest absolute Gasteiger partial charge is 0.444 e. The van der Waals surface area contributed by atoms with Crippen molar-refractivity contribution in [1.29, 1.82) is 0 Å². The Morgan fingerprint density at radius 1 is 0.818 bits per heavy atom. The third-order valence-corrected chi connectivity index (χ3v) is 6.65. The molecule has 0 aliphatic carbocycles. The first-order valence-electron chi connectivity index (χ1n) is 12.0. The van der Waals surface area contributed by atoms with Gasteiger partial charge in [-0.2, -0.15) is 0 Å². The van der Waals surface area contributed by atoms with E-state index < -0.39 is 35.2 Å². The summed E-state index contributed by atoms with van der Waals surface area (Å²) in [6.07, 6.45) is 1.50. The molecule has 4 fully saturated rings. The summed E-state index contributed by atoms with van der Waals surface area (Å²) in [7, 11) is 0. The van der Waals surface area contributed by atoms with Gasteiger partial charge in [-0.05, 0) is 60.8 Å². The predicted octanol–water partition coefficient (Wildman–Crippen LogP) is 2.91. The Bertz CT molecular complexity index is 790. The van der Waals surface area contributed by atoms with Crippen molar-refractivity contribution in [3.8, 4) is 0 Å². The summed E-state index contributed by atoms with van der Waals surface area (Å²) in [5.41, 5.74) is -2.62. The zero-order valence-corrected chi connectivity index (χ0v) is 20.7. The van der Waals surface area contributed by atoms with Crippen LogP contribution >= 0.6 is 0 Å². The maximum atomic E-state index is 13.4. The molecule has 4 atom stereocenters. The lowest BCUT2D eigenvalue weighted by molar-refractivity contribution is -0.143. The molecule has 10 nitrogen and oxygen atoms in total. The second-order valence-corrected chi connectivity index (χ2v) is 11.7. The van der Waals surface area contributed by atoms with Gasteiger partial charge >= 0.3 is 18.3 Å². The van der Waals surface area contributed by atoms with Gasteiger partial charge in [-0.25, -0.2) is 14.4 Å². The Balaban J connectivity index is 1.59. The first-order valence-corrected chi connectivity index (χ1v) is 12.0. The fourth-order valence-electron chi connectivity index (χ4n) is 5.44. The molecule has 186 valence electrons. The number of nitrogens with one attached hydrogen (secondary N) is 1. The van der Waals surface area contributed by atoms with E-state index in [0.717, 1.165) is 25.9 Å². The molecule has 1 N–H and O–H groups in total. The summed E-state index contributed by atoms with van der Waals surface area (Å²) in [5, 5.41) is 3.36. The van der Waals surface area contributed by atoms with Gasteiger partial charge in [0.25, 0.3) is 0 Å². The lowest BCUT2D eigenvalue weighted by atomic mass is 10.1. The quantitative estimate of drug-likeness (QED) is 0.593. The van der Waals surface area contributed by atoms with Crippen LogP contribution in [0.2, 0.25) is 0 Å². The van der Waals surface area contributed by atoms with Crippen LogP contribution in [-0.2, 0) is 14.2 Å². The summed E-state index contributed by atoms with van der Waals surface area (Å²) in [6.45, 7) is 12.7. The van der Waals surface area contributed by atoms with Gasteiger partial charge in [-0.3, -0.25) is 9.80 Å². The third kappa shape index (κ3) is 4.85. The SMILES string of the molecule is CC(C)(C)OC(=O)N1CC2CCC(OC(=O)N3C4CCC3CNC4)(C1)N2C(=O)OC(C)(C)C. The molecule has 0 aromatic rings. The Hall–Kier alpha value is -2.23. The number of carbonyl (C=O) groups excluding carboxylic acids is 3. The van der Waals surface area contributed by atoms with E-state index in [4.69, 9.17) is 14.2 Å². The first kappa shape index (κ1) is 23.9. The van der Waals surface area contributed by atoms with Crippen LogP contribution in [-0.4, -0.2) is 94.2 Å². The number of hydrogen-bond donors (Lipinski definition) is 1. The van der Waals surface area contributed by atoms with E-state index in [1.54, 1.807) is 30.6 Å². The first-order chi connectivity index (χ1) is 15.3. The van der Waals surface area contributed by atoms with E-state index in [1.807, 2.05) is 25.7 Å². The van der Waals surface area contributed by atoms with Crippen molar-refractivity contribution in [2.24, 2.45) is 0 Å². The van der Waals surface area contributed by atoms with Gasteiger partial charge in [0.15, 0.2) is 0 Å². The molecule has 0 saturated carbocycles. The van der Waals surface area contributed by atoms with Crippen LogP contribution in [0.3, 0.4) is 0 Å². The van der Waals surface area contributed by atoms with E-state index >= 15 is 0 Å². The average Bonchev–Trinajstić information content (AvgIpc) is 3.05. The number of piperazine rings is 2. The minimum Gasteiger partial charge on any atom is -0.444 e. The van der Waals surface area contributed by atoms with Crippen LogP contribution in [0.5, 0.6) is 0 Å². The van der Waals surface area contributed by atoms with Gasteiger partial charge < -0.3 is 24.4 Å². The highest BCUT2D eigenvalue weighted by Crippen LogP contribution is 2.42. The van der Waals surface area contributed by atoms with Gasteiger partial charge in [-0.15, -0.1) is 0 Å². The third-order valence-electron chi connectivity index (χ3n) is 6.65. The van der Waals surface area contributed by atoms with Gasteiger partial charge in [0.05, 0.1) is 12.6 Å². The lowest BCUT2D eigenvalue weighted by Gasteiger charge is -2.48. The number of amides is 3. The predicted molar refractivity (Wildman–Crippen MR) is 120 cm³/mol. The number of fused-ring (bicyclic) bond motifs is 4. The summed E-state index contributed by atoms with van der Waals surface area (Å²) in [5.74, 6) is 0. The van der Waals surface area contributed by atoms with Crippen molar-refractivity contribution >= 4 is 18.3 Å². The Kier molecular flexibility index (Phi) is 5.95. The van der Waals surface area contributed by atoms with E-state index in [2.05, 4.69) is 5.32 Å². The van der Waals surface area contributed by atoms with Crippen molar-refractivity contribution in [3.05, 3.63) is 0 Å². The van der Waals surface area contributed by atoms with Crippen LogP contribution in [0.1, 0.15) is 67.2 Å². The molecule has 0 radical (unpaired) electrons. The van der Waals surface area contributed by atoms with E-state index in [9.17, 15) is 14.4 Å². The Labute approximate surface area is 195 Å². The van der Waals surface area contributed by atoms with Crippen molar-refractivity contribution in [2.45, 2.75) is 102 Å². The van der Waals surface area contributed by atoms with E-state index in [1.165, 1.54) is 0 Å². The molecular weight excluding hydrogens is 428 g/mol. The zero-order chi connectivity index (χ0) is 24.2. The summed E-state index contributed by atoms with van der Waals surface area (Å²) < 4.78 is 17.4. The summed E-state index contributed by atoms with van der Waals surface area (Å²) >= 11 is 0. The highest BCUT2D eigenvalue weighted by molar-refractivity contribution is 5.75. The molecule has 4 aliphatic rings. The topological polar surface area (TPSA) is 101 Å². The van der Waals surface area contributed by atoms with Crippen molar-refractivity contribution < 1.29 is 28.6 Å². The molecule has 4 saturated heterocycles. The van der Waals surface area contributed by atoms with E-state index in [0.29, 0.717) is 19.4 Å². The van der Waals surface area contributed by atoms with Crippen LogP contribution in [0, 0.1) is 0 Å². The Morgan fingerprint density at radius 2 is 1.39 bits per heavy atom. The van der Waals surface area contributed by atoms with Crippen molar-refractivity contribution in [1.82, 2.24) is 20.0 Å². The molecule has 10 heteroatoms. The molecule has 4 rings (SSSR count). The van der Waals surface area contributed by atoms with Gasteiger partial charge in [0, 0.05) is 38.1 Å². The van der Waals surface area contributed by atoms with Crippen molar-refractivity contribution in [2.75, 3.05) is 26.2 Å².